The Hall–Kier alpha value is -0.910. The molecular weight excluding hydrogens is 276 g/mol. The lowest BCUT2D eigenvalue weighted by Gasteiger charge is -2.27. The molecule has 108 valence electrons. The third-order valence-electron chi connectivity index (χ3n) is 3.06. The molecule has 0 radical (unpaired) electrons. The molecule has 0 aliphatic rings. The van der Waals surface area contributed by atoms with E-state index in [0.717, 1.165) is 12.0 Å². The number of alkyl halides is 2. The minimum Gasteiger partial charge on any atom is -0.433 e. The second kappa shape index (κ2) is 7.03. The number of rotatable bonds is 7. The summed E-state index contributed by atoms with van der Waals surface area (Å²) in [5, 5.41) is 12.6. The van der Waals surface area contributed by atoms with Gasteiger partial charge in [-0.1, -0.05) is 24.6 Å². The van der Waals surface area contributed by atoms with E-state index >= 15 is 0 Å². The van der Waals surface area contributed by atoms with Gasteiger partial charge in [-0.2, -0.15) is 8.78 Å². The van der Waals surface area contributed by atoms with Crippen molar-refractivity contribution in [3.05, 3.63) is 28.8 Å². The molecule has 6 heteroatoms. The highest BCUT2D eigenvalue weighted by Gasteiger charge is 2.19. The van der Waals surface area contributed by atoms with Crippen LogP contribution in [-0.4, -0.2) is 23.9 Å². The van der Waals surface area contributed by atoms with E-state index in [1.807, 2.05) is 13.8 Å². The van der Waals surface area contributed by atoms with E-state index in [9.17, 15) is 13.9 Å². The average Bonchev–Trinajstić information content (AvgIpc) is 2.38. The molecule has 0 aliphatic carbocycles. The fourth-order valence-electron chi connectivity index (χ4n) is 1.45. The zero-order valence-electron chi connectivity index (χ0n) is 10.9. The van der Waals surface area contributed by atoms with Crippen LogP contribution in [0.15, 0.2) is 18.2 Å². The largest absolute Gasteiger partial charge is 0.433 e. The molecule has 2 N–H and O–H groups in total. The third-order valence-corrected chi connectivity index (χ3v) is 3.36. The van der Waals surface area contributed by atoms with Crippen LogP contribution >= 0.6 is 11.6 Å². The normalized spacial score (nSPS) is 14.5. The molecule has 3 nitrogen and oxygen atoms in total. The van der Waals surface area contributed by atoms with Gasteiger partial charge in [0.1, 0.15) is 5.75 Å². The molecule has 1 aromatic carbocycles. The van der Waals surface area contributed by atoms with Gasteiger partial charge < -0.3 is 15.2 Å². The Bertz CT molecular complexity index is 412. The van der Waals surface area contributed by atoms with Gasteiger partial charge in [-0.15, -0.1) is 0 Å². The van der Waals surface area contributed by atoms with Crippen molar-refractivity contribution in [2.24, 2.45) is 0 Å². The van der Waals surface area contributed by atoms with Gasteiger partial charge in [0.25, 0.3) is 0 Å². The zero-order valence-corrected chi connectivity index (χ0v) is 11.7. The molecule has 0 heterocycles. The van der Waals surface area contributed by atoms with Gasteiger partial charge in [0.05, 0.1) is 11.6 Å². The van der Waals surface area contributed by atoms with E-state index in [4.69, 9.17) is 11.6 Å². The molecule has 0 aliphatic heterocycles. The minimum absolute atomic E-state index is 0.0177. The van der Waals surface area contributed by atoms with Crippen molar-refractivity contribution in [1.82, 2.24) is 5.32 Å². The number of nitrogens with one attached hydrogen (secondary N) is 1. The van der Waals surface area contributed by atoms with Crippen molar-refractivity contribution < 1.29 is 18.6 Å². The van der Waals surface area contributed by atoms with Crippen LogP contribution in [0.3, 0.4) is 0 Å². The lowest BCUT2D eigenvalue weighted by molar-refractivity contribution is -0.0497. The van der Waals surface area contributed by atoms with E-state index in [1.54, 1.807) is 12.1 Å². The molecule has 1 aromatic rings. The molecule has 1 rings (SSSR count). The van der Waals surface area contributed by atoms with Crippen LogP contribution in [0, 0.1) is 0 Å². The van der Waals surface area contributed by atoms with Crippen LogP contribution in [0.2, 0.25) is 5.02 Å². The Morgan fingerprint density at radius 2 is 2.16 bits per heavy atom. The molecule has 0 spiro atoms. The van der Waals surface area contributed by atoms with Crippen molar-refractivity contribution in [2.45, 2.75) is 39.0 Å². The predicted octanol–water partition coefficient (Wildman–Crippen LogP) is 3.19. The van der Waals surface area contributed by atoms with Gasteiger partial charge in [-0.25, -0.2) is 0 Å². The Kier molecular flexibility index (Phi) is 5.97. The van der Waals surface area contributed by atoms with E-state index in [-0.39, 0.29) is 22.9 Å². The van der Waals surface area contributed by atoms with Gasteiger partial charge >= 0.3 is 6.61 Å². The summed E-state index contributed by atoms with van der Waals surface area (Å²) >= 11 is 5.86. The van der Waals surface area contributed by atoms with Crippen LogP contribution in [0.4, 0.5) is 8.78 Å². The summed E-state index contributed by atoms with van der Waals surface area (Å²) in [6.07, 6.45) is 0.768. The highest BCUT2D eigenvalue weighted by molar-refractivity contribution is 6.32. The maximum absolute atomic E-state index is 12.1. The molecule has 0 aromatic heterocycles. The van der Waals surface area contributed by atoms with Crippen molar-refractivity contribution in [2.75, 3.05) is 6.61 Å². The first-order valence-electron chi connectivity index (χ1n) is 5.99. The number of benzene rings is 1. The molecule has 1 atom stereocenters. The van der Waals surface area contributed by atoms with Gasteiger partial charge in [-0.3, -0.25) is 0 Å². The monoisotopic (exact) mass is 293 g/mol. The quantitative estimate of drug-likeness (QED) is 0.811. The number of hydrogen-bond acceptors (Lipinski definition) is 3. The van der Waals surface area contributed by atoms with Gasteiger partial charge in [-0.05, 0) is 31.0 Å². The summed E-state index contributed by atoms with van der Waals surface area (Å²) < 4.78 is 28.4. The van der Waals surface area contributed by atoms with Crippen molar-refractivity contribution in [3.63, 3.8) is 0 Å². The van der Waals surface area contributed by atoms with Gasteiger partial charge in [0.2, 0.25) is 0 Å². The zero-order chi connectivity index (χ0) is 14.5. The highest BCUT2D eigenvalue weighted by Crippen LogP contribution is 2.27. The minimum atomic E-state index is -2.89. The predicted molar refractivity (Wildman–Crippen MR) is 70.7 cm³/mol. The molecule has 0 saturated heterocycles. The summed E-state index contributed by atoms with van der Waals surface area (Å²) in [6.45, 7) is 1.49. The van der Waals surface area contributed by atoms with Crippen LogP contribution < -0.4 is 10.1 Å². The molecule has 1 unspecified atom stereocenters. The number of aliphatic hydroxyl groups excluding tert-OH is 1. The molecule has 0 fully saturated rings. The Labute approximate surface area is 116 Å². The van der Waals surface area contributed by atoms with E-state index in [2.05, 4.69) is 10.1 Å². The first-order chi connectivity index (χ1) is 8.90. The molecule has 0 bridgehead atoms. The van der Waals surface area contributed by atoms with Crippen LogP contribution in [0.5, 0.6) is 5.75 Å². The maximum atomic E-state index is 12.1. The van der Waals surface area contributed by atoms with E-state index < -0.39 is 6.61 Å². The number of ether oxygens (including phenoxy) is 1. The number of halogens is 3. The fraction of sp³-hybridized carbons (Fsp3) is 0.538. The van der Waals surface area contributed by atoms with E-state index in [1.165, 1.54) is 6.07 Å². The van der Waals surface area contributed by atoms with Crippen molar-refractivity contribution >= 4 is 11.6 Å². The molecule has 0 amide bonds. The van der Waals surface area contributed by atoms with E-state index in [0.29, 0.717) is 6.54 Å². The first kappa shape index (κ1) is 16.1. The maximum Gasteiger partial charge on any atom is 0.387 e. The van der Waals surface area contributed by atoms with Crippen molar-refractivity contribution in [1.29, 1.82) is 0 Å². The van der Waals surface area contributed by atoms with Crippen LogP contribution in [0.1, 0.15) is 25.8 Å². The topological polar surface area (TPSA) is 41.5 Å². The SMILES string of the molecule is CCC(C)(CO)NCc1ccc(OC(F)F)c(Cl)c1. The summed E-state index contributed by atoms with van der Waals surface area (Å²) in [5.74, 6) is -0.0409. The van der Waals surface area contributed by atoms with Gasteiger partial charge in [0, 0.05) is 12.1 Å². The lowest BCUT2D eigenvalue weighted by atomic mass is 10.00. The number of hydrogen-bond donors (Lipinski definition) is 2. The van der Waals surface area contributed by atoms with Crippen LogP contribution in [0.25, 0.3) is 0 Å². The highest BCUT2D eigenvalue weighted by atomic mass is 35.5. The van der Waals surface area contributed by atoms with Gasteiger partial charge in [0.15, 0.2) is 0 Å². The molecular formula is C13H18ClF2NO2. The standard InChI is InChI=1S/C13H18ClF2NO2/c1-3-13(2,8-18)17-7-9-4-5-11(10(14)6-9)19-12(15)16/h4-6,12,17-18H,3,7-8H2,1-2H3. The summed E-state index contributed by atoms with van der Waals surface area (Å²) in [4.78, 5) is 0. The smallest absolute Gasteiger partial charge is 0.387 e. The average molecular weight is 294 g/mol. The van der Waals surface area contributed by atoms with Crippen molar-refractivity contribution in [3.8, 4) is 5.75 Å². The second-order valence-corrected chi connectivity index (χ2v) is 4.98. The first-order valence-corrected chi connectivity index (χ1v) is 6.37. The second-order valence-electron chi connectivity index (χ2n) is 4.57. The molecule has 0 saturated carbocycles. The summed E-state index contributed by atoms with van der Waals surface area (Å²) in [5.41, 5.74) is 0.463. The Morgan fingerprint density at radius 3 is 2.63 bits per heavy atom. The Morgan fingerprint density at radius 1 is 1.47 bits per heavy atom. The number of aliphatic hydroxyl groups is 1. The third kappa shape index (κ3) is 4.93. The molecule has 19 heavy (non-hydrogen) atoms. The lowest BCUT2D eigenvalue weighted by Crippen LogP contribution is -2.44. The summed E-state index contributed by atoms with van der Waals surface area (Å²) in [7, 11) is 0. The fourth-order valence-corrected chi connectivity index (χ4v) is 1.70. The van der Waals surface area contributed by atoms with Crippen LogP contribution in [-0.2, 0) is 6.54 Å². The Balaban J connectivity index is 2.68. The summed E-state index contributed by atoms with van der Waals surface area (Å²) in [6, 6.07) is 4.64.